The highest BCUT2D eigenvalue weighted by Gasteiger charge is 2.57. The lowest BCUT2D eigenvalue weighted by Gasteiger charge is -2.52. The van der Waals surface area contributed by atoms with Crippen molar-refractivity contribution >= 4 is 17.7 Å². The Morgan fingerprint density at radius 3 is 2.22 bits per heavy atom. The van der Waals surface area contributed by atoms with Gasteiger partial charge >= 0.3 is 5.97 Å². The monoisotopic (exact) mass is 423 g/mol. The lowest BCUT2D eigenvalue weighted by molar-refractivity contribution is -0.148. The van der Waals surface area contributed by atoms with E-state index in [1.54, 1.807) is 0 Å². The molecule has 2 aliphatic rings. The number of rotatable bonds is 6. The van der Waals surface area contributed by atoms with E-state index < -0.39 is 0 Å². The van der Waals surface area contributed by atoms with E-state index in [0.29, 0.717) is 0 Å². The fraction of sp³-hybridized carbons (Fsp3) is 0.276. The van der Waals surface area contributed by atoms with Crippen LogP contribution in [0.25, 0.3) is 6.08 Å². The van der Waals surface area contributed by atoms with Gasteiger partial charge in [-0.25, -0.2) is 0 Å². The molecule has 1 fully saturated rings. The fourth-order valence-electron chi connectivity index (χ4n) is 5.45. The molecule has 0 aromatic heterocycles. The summed E-state index contributed by atoms with van der Waals surface area (Å²) in [5, 5.41) is 0. The van der Waals surface area contributed by atoms with Crippen LogP contribution in [0, 0.1) is 11.8 Å². The maximum absolute atomic E-state index is 13.2. The van der Waals surface area contributed by atoms with E-state index in [2.05, 4.69) is 91.6 Å². The number of allylic oxidation sites excluding steroid dienone is 1. The molecule has 5 rings (SSSR count). The number of nitrogens with zero attached hydrogens (tertiary/aromatic N) is 1. The maximum atomic E-state index is 13.2. The number of carbonyl (C=O) groups excluding carboxylic acids is 1. The van der Waals surface area contributed by atoms with Crippen LogP contribution in [0.3, 0.4) is 0 Å². The first-order chi connectivity index (χ1) is 15.7. The Kier molecular flexibility index (Phi) is 5.57. The molecule has 0 saturated heterocycles. The summed E-state index contributed by atoms with van der Waals surface area (Å²) in [4.78, 5) is 15.5. The van der Waals surface area contributed by atoms with Crippen LogP contribution >= 0.6 is 0 Å². The molecule has 3 aromatic carbocycles. The van der Waals surface area contributed by atoms with Gasteiger partial charge in [-0.05, 0) is 42.5 Å². The highest BCUT2D eigenvalue weighted by molar-refractivity contribution is 5.83. The van der Waals surface area contributed by atoms with Gasteiger partial charge in [0.2, 0.25) is 0 Å². The molecular formula is C29H29NO2. The van der Waals surface area contributed by atoms with Crippen LogP contribution < -0.4 is 9.64 Å². The summed E-state index contributed by atoms with van der Waals surface area (Å²) in [6.07, 6.45) is 4.50. The minimum atomic E-state index is -0.144. The van der Waals surface area contributed by atoms with E-state index in [4.69, 9.17) is 4.74 Å². The first-order valence-corrected chi connectivity index (χ1v) is 11.6. The quantitative estimate of drug-likeness (QED) is 0.345. The van der Waals surface area contributed by atoms with Crippen molar-refractivity contribution in [3.8, 4) is 5.75 Å². The van der Waals surface area contributed by atoms with Crippen molar-refractivity contribution in [1.82, 2.24) is 0 Å². The first kappa shape index (κ1) is 20.6. The average Bonchev–Trinajstić information content (AvgIpc) is 2.81. The number of hydrogen-bond donors (Lipinski definition) is 0. The molecule has 4 atom stereocenters. The van der Waals surface area contributed by atoms with Crippen LogP contribution in [0.5, 0.6) is 5.75 Å². The molecule has 162 valence electrons. The molecule has 3 aromatic rings. The van der Waals surface area contributed by atoms with Gasteiger partial charge < -0.3 is 9.64 Å². The van der Waals surface area contributed by atoms with Gasteiger partial charge in [0.05, 0.1) is 5.92 Å². The van der Waals surface area contributed by atoms with Crippen molar-refractivity contribution < 1.29 is 9.53 Å². The van der Waals surface area contributed by atoms with Crippen molar-refractivity contribution in [1.29, 1.82) is 0 Å². The zero-order valence-electron chi connectivity index (χ0n) is 18.6. The number of hydrogen-bond acceptors (Lipinski definition) is 3. The number of esters is 1. The van der Waals surface area contributed by atoms with Crippen LogP contribution in [0.4, 0.5) is 5.69 Å². The van der Waals surface area contributed by atoms with Gasteiger partial charge in [0.1, 0.15) is 5.75 Å². The normalized spacial score (nSPS) is 23.8. The molecule has 0 spiro atoms. The largest absolute Gasteiger partial charge is 0.426 e. The van der Waals surface area contributed by atoms with Crippen LogP contribution in [0.15, 0.2) is 84.9 Å². The van der Waals surface area contributed by atoms with Crippen LogP contribution in [0.1, 0.15) is 42.4 Å². The second-order valence-electron chi connectivity index (χ2n) is 8.65. The second kappa shape index (κ2) is 8.66. The van der Waals surface area contributed by atoms with Crippen LogP contribution in [-0.4, -0.2) is 19.1 Å². The minimum Gasteiger partial charge on any atom is -0.426 e. The van der Waals surface area contributed by atoms with Gasteiger partial charge in [0, 0.05) is 36.7 Å². The minimum absolute atomic E-state index is 0.0996. The summed E-state index contributed by atoms with van der Waals surface area (Å²) < 4.78 is 5.92. The van der Waals surface area contributed by atoms with Crippen LogP contribution in [0.2, 0.25) is 0 Å². The Hall–Kier alpha value is -3.33. The highest BCUT2D eigenvalue weighted by Crippen LogP contribution is 2.62. The Labute approximate surface area is 190 Å². The Bertz CT molecular complexity index is 1120. The third-order valence-corrected chi connectivity index (χ3v) is 7.07. The van der Waals surface area contributed by atoms with Gasteiger partial charge in [-0.15, -0.1) is 0 Å². The summed E-state index contributed by atoms with van der Waals surface area (Å²) >= 11 is 0. The molecule has 32 heavy (non-hydrogen) atoms. The zero-order chi connectivity index (χ0) is 22.1. The standard InChI is InChI=1S/C29H29NO2/c1-3-30(4-2)22-16-18-23-25(19-22)32-29(31)28-26(21-13-9-6-10-14-21)24(27(23)28)17-15-20-11-7-5-8-12-20/h5-19,24,26-28H,3-4H2,1-2H3/b17-15+/t24-,26+,27+,28+/m0/s1. The molecule has 0 unspecified atom stereocenters. The molecule has 3 heteroatoms. The van der Waals surface area contributed by atoms with E-state index in [-0.39, 0.29) is 29.6 Å². The lowest BCUT2D eigenvalue weighted by atomic mass is 9.51. The molecule has 1 aliphatic carbocycles. The smallest absolute Gasteiger partial charge is 0.315 e. The summed E-state index contributed by atoms with van der Waals surface area (Å²) in [6, 6.07) is 27.2. The Balaban J connectivity index is 1.54. The van der Waals surface area contributed by atoms with E-state index in [1.165, 1.54) is 11.1 Å². The van der Waals surface area contributed by atoms with Gasteiger partial charge in [0.25, 0.3) is 0 Å². The van der Waals surface area contributed by atoms with Crippen molar-refractivity contribution in [3.63, 3.8) is 0 Å². The molecule has 1 heterocycles. The second-order valence-corrected chi connectivity index (χ2v) is 8.65. The lowest BCUT2D eigenvalue weighted by Crippen LogP contribution is -2.50. The van der Waals surface area contributed by atoms with E-state index in [1.807, 2.05) is 18.2 Å². The predicted molar refractivity (Wildman–Crippen MR) is 130 cm³/mol. The summed E-state index contributed by atoms with van der Waals surface area (Å²) in [5.74, 6) is 0.997. The fourth-order valence-corrected chi connectivity index (χ4v) is 5.45. The van der Waals surface area contributed by atoms with E-state index in [9.17, 15) is 4.79 Å². The molecule has 1 aliphatic heterocycles. The maximum Gasteiger partial charge on any atom is 0.315 e. The third kappa shape index (κ3) is 3.52. The molecule has 0 bridgehead atoms. The Morgan fingerprint density at radius 2 is 1.53 bits per heavy atom. The number of carbonyl (C=O) groups is 1. The van der Waals surface area contributed by atoms with E-state index >= 15 is 0 Å². The van der Waals surface area contributed by atoms with Gasteiger partial charge in [-0.3, -0.25) is 4.79 Å². The topological polar surface area (TPSA) is 29.5 Å². The highest BCUT2D eigenvalue weighted by atomic mass is 16.5. The number of benzene rings is 3. The van der Waals surface area contributed by atoms with Crippen molar-refractivity contribution in [2.24, 2.45) is 11.8 Å². The van der Waals surface area contributed by atoms with Crippen molar-refractivity contribution in [2.45, 2.75) is 25.7 Å². The zero-order valence-corrected chi connectivity index (χ0v) is 18.6. The summed E-state index contributed by atoms with van der Waals surface area (Å²) in [7, 11) is 0. The molecule has 1 saturated carbocycles. The average molecular weight is 424 g/mol. The molecule has 0 amide bonds. The van der Waals surface area contributed by atoms with Gasteiger partial charge in [-0.1, -0.05) is 78.9 Å². The van der Waals surface area contributed by atoms with Crippen LogP contribution in [-0.2, 0) is 4.79 Å². The van der Waals surface area contributed by atoms with Crippen molar-refractivity contribution in [3.05, 3.63) is 102 Å². The Morgan fingerprint density at radius 1 is 0.844 bits per heavy atom. The molecular weight excluding hydrogens is 394 g/mol. The summed E-state index contributed by atoms with van der Waals surface area (Å²) in [6.45, 7) is 6.14. The molecule has 0 radical (unpaired) electrons. The molecule has 0 N–H and O–H groups in total. The first-order valence-electron chi connectivity index (χ1n) is 11.6. The van der Waals surface area contributed by atoms with Gasteiger partial charge in [-0.2, -0.15) is 0 Å². The van der Waals surface area contributed by atoms with E-state index in [0.717, 1.165) is 30.1 Å². The van der Waals surface area contributed by atoms with Crippen molar-refractivity contribution in [2.75, 3.05) is 18.0 Å². The third-order valence-electron chi connectivity index (χ3n) is 7.07. The predicted octanol–water partition coefficient (Wildman–Crippen LogP) is 6.28. The summed E-state index contributed by atoms with van der Waals surface area (Å²) in [5.41, 5.74) is 4.64. The number of ether oxygens (including phenoxy) is 1. The number of anilines is 1. The number of fused-ring (bicyclic) bond motifs is 3. The molecule has 3 nitrogen and oxygen atoms in total. The SMILES string of the molecule is CCN(CC)c1ccc2c(c1)OC(=O)[C@@H]1[C@H](c3ccccc3)[C@H](/C=C/c3ccccc3)[C@@H]21. The van der Waals surface area contributed by atoms with Gasteiger partial charge in [0.15, 0.2) is 0 Å².